The number of nitrogens with zero attached hydrogens (tertiary/aromatic N) is 2. The molecule has 1 fully saturated rings. The Kier molecular flexibility index (Phi) is 11.1. The molecule has 2 amide bonds. The van der Waals surface area contributed by atoms with Crippen LogP contribution < -0.4 is 5.32 Å². The molecule has 1 aliphatic rings. The zero-order valence-corrected chi connectivity index (χ0v) is 26.7. The van der Waals surface area contributed by atoms with E-state index in [2.05, 4.69) is 5.32 Å². The highest BCUT2D eigenvalue weighted by Crippen LogP contribution is 2.26. The Balaban J connectivity index is 1.35. The number of sulfonamides is 1. The van der Waals surface area contributed by atoms with Gasteiger partial charge in [-0.1, -0.05) is 96.5 Å². The molecule has 0 bridgehead atoms. The van der Waals surface area contributed by atoms with E-state index in [4.69, 9.17) is 11.6 Å². The van der Waals surface area contributed by atoms with Crippen molar-refractivity contribution in [3.63, 3.8) is 0 Å². The fourth-order valence-electron chi connectivity index (χ4n) is 5.59. The number of hydrogen-bond acceptors (Lipinski definition) is 4. The maximum absolute atomic E-state index is 14.0. The Morgan fingerprint density at radius 1 is 0.756 bits per heavy atom. The lowest BCUT2D eigenvalue weighted by Gasteiger charge is -2.32. The van der Waals surface area contributed by atoms with Crippen LogP contribution in [-0.4, -0.2) is 49.1 Å². The van der Waals surface area contributed by atoms with Crippen molar-refractivity contribution in [1.29, 1.82) is 0 Å². The van der Waals surface area contributed by atoms with Crippen LogP contribution in [0, 0.1) is 0 Å². The highest BCUT2D eigenvalue weighted by molar-refractivity contribution is 7.89. The second-order valence-corrected chi connectivity index (χ2v) is 13.6. The summed E-state index contributed by atoms with van der Waals surface area (Å²) in [4.78, 5) is 29.8. The van der Waals surface area contributed by atoms with Gasteiger partial charge >= 0.3 is 0 Å². The Morgan fingerprint density at radius 2 is 1.33 bits per heavy atom. The molecule has 1 saturated heterocycles. The molecule has 1 N–H and O–H groups in total. The Hall–Kier alpha value is -3.98. The molecule has 0 spiro atoms. The first-order valence-corrected chi connectivity index (χ1v) is 17.1. The van der Waals surface area contributed by atoms with Gasteiger partial charge in [0.05, 0.1) is 4.90 Å². The normalized spacial score (nSPS) is 14.2. The fourth-order valence-corrected chi connectivity index (χ4v) is 7.23. The monoisotopic (exact) mass is 643 g/mol. The average molecular weight is 644 g/mol. The maximum atomic E-state index is 14.0. The summed E-state index contributed by atoms with van der Waals surface area (Å²) >= 11 is 6.14. The van der Waals surface area contributed by atoms with Crippen molar-refractivity contribution in [2.45, 2.75) is 49.6 Å². The number of carbonyl (C=O) groups is 2. The molecule has 5 rings (SSSR count). The molecule has 1 aliphatic heterocycles. The number of aryl methyl sites for hydroxylation is 1. The van der Waals surface area contributed by atoms with E-state index in [1.54, 1.807) is 41.3 Å². The van der Waals surface area contributed by atoms with Crippen molar-refractivity contribution in [1.82, 2.24) is 14.5 Å². The third-order valence-electron chi connectivity index (χ3n) is 8.07. The smallest absolute Gasteiger partial charge is 0.247 e. The van der Waals surface area contributed by atoms with E-state index in [0.717, 1.165) is 29.5 Å². The first-order chi connectivity index (χ1) is 21.8. The third kappa shape index (κ3) is 8.60. The summed E-state index contributed by atoms with van der Waals surface area (Å²) in [5.41, 5.74) is 3.52. The molecule has 0 aliphatic carbocycles. The van der Waals surface area contributed by atoms with Gasteiger partial charge in [0.1, 0.15) is 6.04 Å². The largest absolute Gasteiger partial charge is 0.354 e. The van der Waals surface area contributed by atoms with Crippen molar-refractivity contribution in [3.8, 4) is 0 Å². The van der Waals surface area contributed by atoms with Crippen LogP contribution in [0.2, 0.25) is 5.02 Å². The standard InChI is InChI=1S/C36H38ClN3O4S/c37-32-18-13-30(14-19-32)27-40(34(41)22-17-29-15-20-33(21-16-29)45(43,44)39-25-7-8-26-39)35(31-11-5-2-6-12-31)36(42)38-24-23-28-9-3-1-4-10-28/h1-6,9-16,18-21,35H,7-8,17,22-27H2,(H,38,42)/t35-/m0/s1. The van der Waals surface area contributed by atoms with Gasteiger partial charge in [0.25, 0.3) is 0 Å². The minimum Gasteiger partial charge on any atom is -0.354 e. The topological polar surface area (TPSA) is 86.8 Å². The highest BCUT2D eigenvalue weighted by Gasteiger charge is 2.31. The molecule has 0 radical (unpaired) electrons. The second-order valence-electron chi connectivity index (χ2n) is 11.2. The van der Waals surface area contributed by atoms with Gasteiger partial charge in [-0.2, -0.15) is 4.31 Å². The molecule has 234 valence electrons. The van der Waals surface area contributed by atoms with Gasteiger partial charge in [-0.05, 0) is 72.2 Å². The van der Waals surface area contributed by atoms with E-state index in [9.17, 15) is 18.0 Å². The van der Waals surface area contributed by atoms with Crippen LogP contribution in [0.15, 0.2) is 114 Å². The lowest BCUT2D eigenvalue weighted by Crippen LogP contribution is -2.44. The summed E-state index contributed by atoms with van der Waals surface area (Å²) in [7, 11) is -3.51. The van der Waals surface area contributed by atoms with Crippen molar-refractivity contribution in [2.75, 3.05) is 19.6 Å². The van der Waals surface area contributed by atoms with E-state index in [0.29, 0.717) is 43.1 Å². The van der Waals surface area contributed by atoms with Gasteiger partial charge in [-0.3, -0.25) is 9.59 Å². The van der Waals surface area contributed by atoms with Crippen LogP contribution in [0.1, 0.15) is 47.6 Å². The van der Waals surface area contributed by atoms with Gasteiger partial charge in [-0.15, -0.1) is 0 Å². The van der Waals surface area contributed by atoms with Crippen molar-refractivity contribution in [2.24, 2.45) is 0 Å². The molecular weight excluding hydrogens is 606 g/mol. The highest BCUT2D eigenvalue weighted by atomic mass is 35.5. The zero-order chi connectivity index (χ0) is 31.6. The summed E-state index contributed by atoms with van der Waals surface area (Å²) in [5.74, 6) is -0.443. The summed E-state index contributed by atoms with van der Waals surface area (Å²) in [5, 5.41) is 3.65. The zero-order valence-electron chi connectivity index (χ0n) is 25.1. The van der Waals surface area contributed by atoms with Gasteiger partial charge in [0.15, 0.2) is 0 Å². The first kappa shape index (κ1) is 32.4. The van der Waals surface area contributed by atoms with Crippen LogP contribution in [0.5, 0.6) is 0 Å². The number of rotatable bonds is 13. The molecular formula is C36H38ClN3O4S. The lowest BCUT2D eigenvalue weighted by molar-refractivity contribution is -0.141. The SMILES string of the molecule is O=C(NCCc1ccccc1)[C@H](c1ccccc1)N(Cc1ccc(Cl)cc1)C(=O)CCc1ccc(S(=O)(=O)N2CCCC2)cc1. The number of carbonyl (C=O) groups excluding carboxylic acids is 2. The van der Waals surface area contributed by atoms with Gasteiger partial charge in [-0.25, -0.2) is 8.42 Å². The maximum Gasteiger partial charge on any atom is 0.247 e. The predicted octanol–water partition coefficient (Wildman–Crippen LogP) is 6.19. The van der Waals surface area contributed by atoms with Crippen LogP contribution >= 0.6 is 11.6 Å². The fraction of sp³-hybridized carbons (Fsp3) is 0.278. The molecule has 9 heteroatoms. The minimum atomic E-state index is -3.51. The molecule has 0 unspecified atom stereocenters. The number of amides is 2. The molecule has 1 heterocycles. The Morgan fingerprint density at radius 3 is 1.98 bits per heavy atom. The lowest BCUT2D eigenvalue weighted by atomic mass is 10.0. The van der Waals surface area contributed by atoms with E-state index in [1.807, 2.05) is 72.8 Å². The molecule has 7 nitrogen and oxygen atoms in total. The summed E-state index contributed by atoms with van der Waals surface area (Å²) in [6.07, 6.45) is 2.97. The second kappa shape index (κ2) is 15.3. The van der Waals surface area contributed by atoms with Crippen LogP contribution in [0.3, 0.4) is 0 Å². The van der Waals surface area contributed by atoms with Crippen LogP contribution in [0.25, 0.3) is 0 Å². The van der Waals surface area contributed by atoms with Crippen molar-refractivity contribution in [3.05, 3.63) is 136 Å². The van der Waals surface area contributed by atoms with Crippen LogP contribution in [-0.2, 0) is 39.0 Å². The Bertz CT molecular complexity index is 1660. The van der Waals surface area contributed by atoms with E-state index in [1.165, 1.54) is 4.31 Å². The van der Waals surface area contributed by atoms with Gasteiger partial charge in [0.2, 0.25) is 21.8 Å². The van der Waals surface area contributed by atoms with E-state index < -0.39 is 16.1 Å². The minimum absolute atomic E-state index is 0.145. The summed E-state index contributed by atoms with van der Waals surface area (Å²) in [6, 6.07) is 32.5. The van der Waals surface area contributed by atoms with Crippen molar-refractivity contribution >= 4 is 33.4 Å². The third-order valence-corrected chi connectivity index (χ3v) is 10.2. The number of nitrogens with one attached hydrogen (secondary N) is 1. The first-order valence-electron chi connectivity index (χ1n) is 15.3. The number of halogens is 1. The molecule has 4 aromatic carbocycles. The Labute approximate surface area is 270 Å². The quantitative estimate of drug-likeness (QED) is 0.188. The number of hydrogen-bond donors (Lipinski definition) is 1. The average Bonchev–Trinajstić information content (AvgIpc) is 3.62. The van der Waals surface area contributed by atoms with Gasteiger partial charge < -0.3 is 10.2 Å². The summed E-state index contributed by atoms with van der Waals surface area (Å²) in [6.45, 7) is 1.74. The molecule has 0 aromatic heterocycles. The molecule has 45 heavy (non-hydrogen) atoms. The summed E-state index contributed by atoms with van der Waals surface area (Å²) < 4.78 is 27.4. The molecule has 4 aromatic rings. The molecule has 0 saturated carbocycles. The molecule has 1 atom stereocenters. The predicted molar refractivity (Wildman–Crippen MR) is 177 cm³/mol. The van der Waals surface area contributed by atoms with Gasteiger partial charge in [0, 0.05) is 37.6 Å². The van der Waals surface area contributed by atoms with Crippen molar-refractivity contribution < 1.29 is 18.0 Å². The number of benzene rings is 4. The van der Waals surface area contributed by atoms with E-state index >= 15 is 0 Å². The van der Waals surface area contributed by atoms with Crippen LogP contribution in [0.4, 0.5) is 0 Å². The van der Waals surface area contributed by atoms with E-state index in [-0.39, 0.29) is 29.7 Å².